The standard InChI is InChI=1S/C11H18N4O/c1-2-12-10-4-3-5-11(13-10)14-15-6-8-16-9-7-15/h3-5H,2,6-9H2,1H3,(H2,12,13,14). The van der Waals surface area contributed by atoms with Crippen LogP contribution in [0.2, 0.25) is 0 Å². The molecule has 0 unspecified atom stereocenters. The van der Waals surface area contributed by atoms with Crippen molar-refractivity contribution in [3.8, 4) is 0 Å². The van der Waals surface area contributed by atoms with Gasteiger partial charge in [-0.2, -0.15) is 0 Å². The quantitative estimate of drug-likeness (QED) is 0.801. The summed E-state index contributed by atoms with van der Waals surface area (Å²) >= 11 is 0. The average molecular weight is 222 g/mol. The van der Waals surface area contributed by atoms with Gasteiger partial charge in [0, 0.05) is 19.6 Å². The van der Waals surface area contributed by atoms with Crippen LogP contribution in [-0.2, 0) is 4.74 Å². The Morgan fingerprint density at radius 3 is 2.81 bits per heavy atom. The summed E-state index contributed by atoms with van der Waals surface area (Å²) in [6.07, 6.45) is 0. The van der Waals surface area contributed by atoms with Gasteiger partial charge < -0.3 is 15.5 Å². The summed E-state index contributed by atoms with van der Waals surface area (Å²) in [6.45, 7) is 6.29. The van der Waals surface area contributed by atoms with Gasteiger partial charge in [-0.1, -0.05) is 6.07 Å². The Labute approximate surface area is 95.8 Å². The van der Waals surface area contributed by atoms with Crippen molar-refractivity contribution in [2.45, 2.75) is 6.92 Å². The number of ether oxygens (including phenoxy) is 1. The second-order valence-electron chi connectivity index (χ2n) is 3.65. The molecule has 2 N–H and O–H groups in total. The Hall–Kier alpha value is -1.33. The number of hydrogen-bond acceptors (Lipinski definition) is 5. The molecular formula is C11H18N4O. The zero-order valence-electron chi connectivity index (χ0n) is 9.57. The van der Waals surface area contributed by atoms with Crippen molar-refractivity contribution in [3.63, 3.8) is 0 Å². The number of hydrazine groups is 1. The topological polar surface area (TPSA) is 49.4 Å². The van der Waals surface area contributed by atoms with Crippen LogP contribution < -0.4 is 10.7 Å². The smallest absolute Gasteiger partial charge is 0.142 e. The first kappa shape index (κ1) is 11.2. The summed E-state index contributed by atoms with van der Waals surface area (Å²) in [6, 6.07) is 5.93. The number of nitrogens with zero attached hydrogens (tertiary/aromatic N) is 2. The van der Waals surface area contributed by atoms with Crippen molar-refractivity contribution in [3.05, 3.63) is 18.2 Å². The van der Waals surface area contributed by atoms with Crippen LogP contribution in [0.1, 0.15) is 6.92 Å². The summed E-state index contributed by atoms with van der Waals surface area (Å²) in [7, 11) is 0. The second-order valence-corrected chi connectivity index (χ2v) is 3.65. The van der Waals surface area contributed by atoms with E-state index in [1.807, 2.05) is 18.2 Å². The van der Waals surface area contributed by atoms with Crippen molar-refractivity contribution >= 4 is 11.6 Å². The summed E-state index contributed by atoms with van der Waals surface area (Å²) in [5, 5.41) is 5.32. The van der Waals surface area contributed by atoms with Gasteiger partial charge in [-0.25, -0.2) is 9.99 Å². The molecule has 2 rings (SSSR count). The van der Waals surface area contributed by atoms with Crippen LogP contribution in [0.5, 0.6) is 0 Å². The zero-order valence-corrected chi connectivity index (χ0v) is 9.57. The summed E-state index contributed by atoms with van der Waals surface area (Å²) in [5.41, 5.74) is 3.28. The van der Waals surface area contributed by atoms with Gasteiger partial charge in [-0.3, -0.25) is 0 Å². The Bertz CT molecular complexity index is 326. The van der Waals surface area contributed by atoms with E-state index >= 15 is 0 Å². The molecule has 0 aromatic carbocycles. The number of anilines is 2. The predicted molar refractivity (Wildman–Crippen MR) is 64.4 cm³/mol. The first-order chi connectivity index (χ1) is 7.88. The van der Waals surface area contributed by atoms with E-state index in [0.29, 0.717) is 0 Å². The molecule has 1 aromatic rings. The van der Waals surface area contributed by atoms with Crippen LogP contribution >= 0.6 is 0 Å². The minimum Gasteiger partial charge on any atom is -0.379 e. The summed E-state index contributed by atoms with van der Waals surface area (Å²) in [5.74, 6) is 1.78. The van der Waals surface area contributed by atoms with E-state index in [4.69, 9.17) is 4.74 Å². The molecule has 0 atom stereocenters. The van der Waals surface area contributed by atoms with Crippen LogP contribution in [0, 0.1) is 0 Å². The number of nitrogens with one attached hydrogen (secondary N) is 2. The highest BCUT2D eigenvalue weighted by molar-refractivity contribution is 5.44. The fraction of sp³-hybridized carbons (Fsp3) is 0.545. The molecule has 1 aromatic heterocycles. The van der Waals surface area contributed by atoms with Crippen LogP contribution in [0.3, 0.4) is 0 Å². The second kappa shape index (κ2) is 5.67. The maximum atomic E-state index is 5.29. The highest BCUT2D eigenvalue weighted by Crippen LogP contribution is 2.10. The Balaban J connectivity index is 1.94. The summed E-state index contributed by atoms with van der Waals surface area (Å²) in [4.78, 5) is 4.45. The van der Waals surface area contributed by atoms with Crippen LogP contribution in [0.15, 0.2) is 18.2 Å². The average Bonchev–Trinajstić information content (AvgIpc) is 2.31. The van der Waals surface area contributed by atoms with Gasteiger partial charge in [0.15, 0.2) is 0 Å². The fourth-order valence-electron chi connectivity index (χ4n) is 1.61. The lowest BCUT2D eigenvalue weighted by atomic mass is 10.4. The molecule has 0 aliphatic carbocycles. The lowest BCUT2D eigenvalue weighted by Crippen LogP contribution is -2.40. The molecule has 0 saturated carbocycles. The van der Waals surface area contributed by atoms with E-state index in [-0.39, 0.29) is 0 Å². The van der Waals surface area contributed by atoms with Crippen molar-refractivity contribution in [2.75, 3.05) is 43.6 Å². The van der Waals surface area contributed by atoms with Gasteiger partial charge in [-0.15, -0.1) is 0 Å². The van der Waals surface area contributed by atoms with Crippen molar-refractivity contribution in [2.24, 2.45) is 0 Å². The van der Waals surface area contributed by atoms with E-state index < -0.39 is 0 Å². The monoisotopic (exact) mass is 222 g/mol. The number of pyridine rings is 1. The molecule has 0 radical (unpaired) electrons. The number of aromatic nitrogens is 1. The highest BCUT2D eigenvalue weighted by atomic mass is 16.5. The van der Waals surface area contributed by atoms with Gasteiger partial charge in [0.2, 0.25) is 0 Å². The number of rotatable bonds is 4. The fourth-order valence-corrected chi connectivity index (χ4v) is 1.61. The molecule has 0 bridgehead atoms. The minimum absolute atomic E-state index is 0.778. The molecule has 16 heavy (non-hydrogen) atoms. The third-order valence-electron chi connectivity index (χ3n) is 2.39. The van der Waals surface area contributed by atoms with Crippen molar-refractivity contribution < 1.29 is 4.74 Å². The largest absolute Gasteiger partial charge is 0.379 e. The van der Waals surface area contributed by atoms with E-state index in [0.717, 1.165) is 44.5 Å². The lowest BCUT2D eigenvalue weighted by molar-refractivity contribution is 0.0495. The normalized spacial score (nSPS) is 17.1. The molecule has 2 heterocycles. The van der Waals surface area contributed by atoms with Crippen molar-refractivity contribution in [1.82, 2.24) is 9.99 Å². The van der Waals surface area contributed by atoms with Gasteiger partial charge in [0.05, 0.1) is 13.2 Å². The molecule has 0 spiro atoms. The molecular weight excluding hydrogens is 204 g/mol. The predicted octanol–water partition coefficient (Wildman–Crippen LogP) is 1.17. The Kier molecular flexibility index (Phi) is 3.96. The maximum Gasteiger partial charge on any atom is 0.142 e. The maximum absolute atomic E-state index is 5.29. The molecule has 5 nitrogen and oxygen atoms in total. The van der Waals surface area contributed by atoms with Gasteiger partial charge >= 0.3 is 0 Å². The van der Waals surface area contributed by atoms with Crippen LogP contribution in [-0.4, -0.2) is 42.8 Å². The molecule has 1 aliphatic heterocycles. The Morgan fingerprint density at radius 2 is 2.06 bits per heavy atom. The highest BCUT2D eigenvalue weighted by Gasteiger charge is 2.10. The SMILES string of the molecule is CCNc1cccc(NN2CCOCC2)n1. The third-order valence-corrected chi connectivity index (χ3v) is 2.39. The summed E-state index contributed by atoms with van der Waals surface area (Å²) < 4.78 is 5.29. The van der Waals surface area contributed by atoms with Crippen LogP contribution in [0.25, 0.3) is 0 Å². The van der Waals surface area contributed by atoms with Crippen molar-refractivity contribution in [1.29, 1.82) is 0 Å². The molecule has 0 amide bonds. The van der Waals surface area contributed by atoms with E-state index in [9.17, 15) is 0 Å². The third kappa shape index (κ3) is 3.08. The molecule has 5 heteroatoms. The number of morpholine rings is 1. The molecule has 1 aliphatic rings. The first-order valence-corrected chi connectivity index (χ1v) is 5.69. The zero-order chi connectivity index (χ0) is 11.2. The van der Waals surface area contributed by atoms with E-state index in [1.165, 1.54) is 0 Å². The van der Waals surface area contributed by atoms with Crippen LogP contribution in [0.4, 0.5) is 11.6 Å². The number of hydrogen-bond donors (Lipinski definition) is 2. The van der Waals surface area contributed by atoms with E-state index in [1.54, 1.807) is 0 Å². The lowest BCUT2D eigenvalue weighted by Gasteiger charge is -2.27. The van der Waals surface area contributed by atoms with Gasteiger partial charge in [0.25, 0.3) is 0 Å². The molecule has 1 fully saturated rings. The molecule has 88 valence electrons. The van der Waals surface area contributed by atoms with E-state index in [2.05, 4.69) is 27.7 Å². The first-order valence-electron chi connectivity index (χ1n) is 5.69. The van der Waals surface area contributed by atoms with Gasteiger partial charge in [0.1, 0.15) is 11.6 Å². The Morgan fingerprint density at radius 1 is 1.31 bits per heavy atom. The van der Waals surface area contributed by atoms with Gasteiger partial charge in [-0.05, 0) is 19.1 Å². The molecule has 1 saturated heterocycles. The minimum atomic E-state index is 0.778.